The molecule has 106 valence electrons. The third-order valence-electron chi connectivity index (χ3n) is 2.63. The fourth-order valence-electron chi connectivity index (χ4n) is 1.61. The van der Waals surface area contributed by atoms with Crippen LogP contribution in [0, 0.1) is 0 Å². The van der Waals surface area contributed by atoms with Gasteiger partial charge < -0.3 is 15.2 Å². The van der Waals surface area contributed by atoms with E-state index in [1.165, 1.54) is 0 Å². The number of pyridine rings is 1. The zero-order chi connectivity index (χ0) is 14.3. The Morgan fingerprint density at radius 1 is 1.47 bits per heavy atom. The molecule has 0 saturated heterocycles. The van der Waals surface area contributed by atoms with Crippen LogP contribution in [-0.2, 0) is 11.3 Å². The molecule has 5 nitrogen and oxygen atoms in total. The summed E-state index contributed by atoms with van der Waals surface area (Å²) in [6, 6.07) is 3.97. The van der Waals surface area contributed by atoms with Gasteiger partial charge in [0, 0.05) is 30.8 Å². The highest BCUT2D eigenvalue weighted by Crippen LogP contribution is 2.16. The SMILES string of the molecule is CC(CCC(=O)O)NCc1cccnc1OC(C)C. The van der Waals surface area contributed by atoms with E-state index in [2.05, 4.69) is 10.3 Å². The minimum Gasteiger partial charge on any atom is -0.481 e. The van der Waals surface area contributed by atoms with Crippen LogP contribution in [0.25, 0.3) is 0 Å². The summed E-state index contributed by atoms with van der Waals surface area (Å²) in [6.45, 7) is 6.52. The number of carbonyl (C=O) groups is 1. The van der Waals surface area contributed by atoms with Gasteiger partial charge in [0.2, 0.25) is 5.88 Å². The summed E-state index contributed by atoms with van der Waals surface area (Å²) in [5, 5.41) is 11.9. The molecular weight excluding hydrogens is 244 g/mol. The van der Waals surface area contributed by atoms with Gasteiger partial charge in [-0.2, -0.15) is 0 Å². The third-order valence-corrected chi connectivity index (χ3v) is 2.63. The van der Waals surface area contributed by atoms with Crippen LogP contribution in [0.3, 0.4) is 0 Å². The molecule has 1 unspecified atom stereocenters. The number of nitrogens with zero attached hydrogens (tertiary/aromatic N) is 1. The van der Waals surface area contributed by atoms with Crippen molar-refractivity contribution in [2.45, 2.75) is 52.3 Å². The molecule has 0 bridgehead atoms. The normalized spacial score (nSPS) is 12.4. The Morgan fingerprint density at radius 3 is 2.84 bits per heavy atom. The highest BCUT2D eigenvalue weighted by atomic mass is 16.5. The topological polar surface area (TPSA) is 71.5 Å². The number of ether oxygens (including phenoxy) is 1. The Bertz CT molecular complexity index is 407. The summed E-state index contributed by atoms with van der Waals surface area (Å²) in [4.78, 5) is 14.7. The Balaban J connectivity index is 2.50. The molecule has 0 radical (unpaired) electrons. The lowest BCUT2D eigenvalue weighted by atomic mass is 10.1. The monoisotopic (exact) mass is 266 g/mol. The van der Waals surface area contributed by atoms with Gasteiger partial charge in [-0.25, -0.2) is 4.98 Å². The van der Waals surface area contributed by atoms with E-state index in [1.807, 2.05) is 32.9 Å². The van der Waals surface area contributed by atoms with E-state index in [0.29, 0.717) is 18.8 Å². The smallest absolute Gasteiger partial charge is 0.303 e. The standard InChI is InChI=1S/C14H22N2O3/c1-10(2)19-14-12(5-4-8-15-14)9-16-11(3)6-7-13(17)18/h4-5,8,10-11,16H,6-7,9H2,1-3H3,(H,17,18). The summed E-state index contributed by atoms with van der Waals surface area (Å²) in [5.74, 6) is -0.130. The van der Waals surface area contributed by atoms with Crippen LogP contribution in [0.2, 0.25) is 0 Å². The van der Waals surface area contributed by atoms with E-state index in [1.54, 1.807) is 6.20 Å². The Morgan fingerprint density at radius 2 is 2.21 bits per heavy atom. The van der Waals surface area contributed by atoms with Crippen molar-refractivity contribution in [1.82, 2.24) is 10.3 Å². The van der Waals surface area contributed by atoms with Crippen molar-refractivity contribution in [3.05, 3.63) is 23.9 Å². The first kappa shape index (κ1) is 15.4. The number of hydrogen-bond donors (Lipinski definition) is 2. The molecular formula is C14H22N2O3. The van der Waals surface area contributed by atoms with Gasteiger partial charge in [-0.05, 0) is 33.3 Å². The lowest BCUT2D eigenvalue weighted by molar-refractivity contribution is -0.137. The van der Waals surface area contributed by atoms with Crippen LogP contribution in [0.15, 0.2) is 18.3 Å². The molecule has 19 heavy (non-hydrogen) atoms. The van der Waals surface area contributed by atoms with Crippen LogP contribution in [0.1, 0.15) is 39.2 Å². The van der Waals surface area contributed by atoms with Crippen LogP contribution >= 0.6 is 0 Å². The Kier molecular flexibility index (Phi) is 6.29. The lowest BCUT2D eigenvalue weighted by Gasteiger charge is -2.16. The maximum atomic E-state index is 10.5. The second kappa shape index (κ2) is 7.74. The van der Waals surface area contributed by atoms with Gasteiger partial charge in [-0.15, -0.1) is 0 Å². The maximum Gasteiger partial charge on any atom is 0.303 e. The van der Waals surface area contributed by atoms with Crippen molar-refractivity contribution in [1.29, 1.82) is 0 Å². The number of aliphatic carboxylic acids is 1. The van der Waals surface area contributed by atoms with E-state index in [0.717, 1.165) is 5.56 Å². The summed E-state index contributed by atoms with van der Waals surface area (Å²) in [6.07, 6.45) is 2.57. The zero-order valence-corrected chi connectivity index (χ0v) is 11.7. The minimum atomic E-state index is -0.765. The van der Waals surface area contributed by atoms with Crippen molar-refractivity contribution < 1.29 is 14.6 Å². The van der Waals surface area contributed by atoms with Gasteiger partial charge in [0.25, 0.3) is 0 Å². The van der Waals surface area contributed by atoms with E-state index in [-0.39, 0.29) is 18.6 Å². The number of carboxylic acid groups (broad SMARTS) is 1. The molecule has 1 rings (SSSR count). The van der Waals surface area contributed by atoms with Crippen LogP contribution in [0.5, 0.6) is 5.88 Å². The fourth-order valence-corrected chi connectivity index (χ4v) is 1.61. The quantitative estimate of drug-likeness (QED) is 0.755. The largest absolute Gasteiger partial charge is 0.481 e. The van der Waals surface area contributed by atoms with Crippen molar-refractivity contribution in [2.24, 2.45) is 0 Å². The third kappa shape index (κ3) is 6.20. The average Bonchev–Trinajstić information content (AvgIpc) is 2.34. The minimum absolute atomic E-state index is 0.0816. The van der Waals surface area contributed by atoms with E-state index < -0.39 is 5.97 Å². The van der Waals surface area contributed by atoms with Crippen LogP contribution in [-0.4, -0.2) is 28.2 Å². The fraction of sp³-hybridized carbons (Fsp3) is 0.571. The van der Waals surface area contributed by atoms with E-state index in [9.17, 15) is 4.79 Å². The number of nitrogens with one attached hydrogen (secondary N) is 1. The first-order chi connectivity index (χ1) is 8.99. The molecule has 0 aromatic carbocycles. The van der Waals surface area contributed by atoms with Gasteiger partial charge >= 0.3 is 5.97 Å². The summed E-state index contributed by atoms with van der Waals surface area (Å²) in [5.41, 5.74) is 0.985. The van der Waals surface area contributed by atoms with E-state index in [4.69, 9.17) is 9.84 Å². The molecule has 0 aliphatic heterocycles. The van der Waals surface area contributed by atoms with Gasteiger partial charge in [-0.3, -0.25) is 4.79 Å². The highest BCUT2D eigenvalue weighted by Gasteiger charge is 2.09. The van der Waals surface area contributed by atoms with Gasteiger partial charge in [0.15, 0.2) is 0 Å². The molecule has 0 aliphatic carbocycles. The van der Waals surface area contributed by atoms with Gasteiger partial charge in [-0.1, -0.05) is 6.07 Å². The first-order valence-corrected chi connectivity index (χ1v) is 6.54. The van der Waals surface area contributed by atoms with Gasteiger partial charge in [0.05, 0.1) is 6.10 Å². The molecule has 1 atom stereocenters. The number of rotatable bonds is 8. The van der Waals surface area contributed by atoms with Crippen LogP contribution < -0.4 is 10.1 Å². The number of hydrogen-bond acceptors (Lipinski definition) is 4. The summed E-state index contributed by atoms with van der Waals surface area (Å²) < 4.78 is 5.63. The number of carboxylic acids is 1. The van der Waals surface area contributed by atoms with Crippen molar-refractivity contribution in [3.8, 4) is 5.88 Å². The second-order valence-electron chi connectivity index (χ2n) is 4.85. The molecule has 1 aromatic rings. The molecule has 0 saturated carbocycles. The summed E-state index contributed by atoms with van der Waals surface area (Å²) in [7, 11) is 0. The molecule has 2 N–H and O–H groups in total. The predicted molar refractivity (Wildman–Crippen MR) is 73.2 cm³/mol. The van der Waals surface area contributed by atoms with Crippen LogP contribution in [0.4, 0.5) is 0 Å². The highest BCUT2D eigenvalue weighted by molar-refractivity contribution is 5.66. The molecule has 0 spiro atoms. The Hall–Kier alpha value is -1.62. The molecule has 0 fully saturated rings. The molecule has 1 heterocycles. The predicted octanol–water partition coefficient (Wildman–Crippen LogP) is 2.21. The molecule has 0 aliphatic rings. The molecule has 1 aromatic heterocycles. The second-order valence-corrected chi connectivity index (χ2v) is 4.85. The van der Waals surface area contributed by atoms with E-state index >= 15 is 0 Å². The van der Waals surface area contributed by atoms with Crippen molar-refractivity contribution in [2.75, 3.05) is 0 Å². The Labute approximate surface area is 114 Å². The molecule has 5 heteroatoms. The van der Waals surface area contributed by atoms with Gasteiger partial charge in [0.1, 0.15) is 0 Å². The van der Waals surface area contributed by atoms with Crippen molar-refractivity contribution in [3.63, 3.8) is 0 Å². The lowest BCUT2D eigenvalue weighted by Crippen LogP contribution is -2.26. The molecule has 0 amide bonds. The zero-order valence-electron chi connectivity index (χ0n) is 11.7. The number of aromatic nitrogens is 1. The summed E-state index contributed by atoms with van der Waals surface area (Å²) >= 11 is 0. The maximum absolute atomic E-state index is 10.5. The average molecular weight is 266 g/mol. The first-order valence-electron chi connectivity index (χ1n) is 6.54. The van der Waals surface area contributed by atoms with Crippen molar-refractivity contribution >= 4 is 5.97 Å².